The van der Waals surface area contributed by atoms with Crippen molar-refractivity contribution in [1.82, 2.24) is 15.5 Å². The van der Waals surface area contributed by atoms with E-state index in [0.717, 1.165) is 32.1 Å². The molecule has 0 atom stereocenters. The van der Waals surface area contributed by atoms with Crippen LogP contribution in [0.15, 0.2) is 24.3 Å². The molecule has 0 spiro atoms. The molecule has 4 N–H and O–H groups in total. The minimum absolute atomic E-state index is 0.0273. The first-order valence-electron chi connectivity index (χ1n) is 8.76. The van der Waals surface area contributed by atoms with Crippen LogP contribution in [-0.4, -0.2) is 42.0 Å². The second-order valence-electron chi connectivity index (χ2n) is 6.78. The minimum Gasteiger partial charge on any atom is -0.352 e. The molecular weight excluding hydrogens is 304 g/mol. The number of nitrogens with one attached hydrogen (secondary N) is 2. The van der Waals surface area contributed by atoms with Gasteiger partial charge in [-0.2, -0.15) is 0 Å². The third kappa shape index (κ3) is 4.26. The van der Waals surface area contributed by atoms with Crippen molar-refractivity contribution < 1.29 is 9.59 Å². The van der Waals surface area contributed by atoms with Gasteiger partial charge in [0.2, 0.25) is 5.91 Å². The smallest absolute Gasteiger partial charge is 0.318 e. The van der Waals surface area contributed by atoms with Gasteiger partial charge in [-0.3, -0.25) is 4.79 Å². The van der Waals surface area contributed by atoms with Crippen molar-refractivity contribution in [1.29, 1.82) is 0 Å². The highest BCUT2D eigenvalue weighted by molar-refractivity contribution is 5.84. The fraction of sp³-hybridized carbons (Fsp3) is 0.556. The number of fused-ring (bicyclic) bond motifs is 1. The first kappa shape index (κ1) is 16.8. The maximum atomic E-state index is 12.3. The van der Waals surface area contributed by atoms with Gasteiger partial charge >= 0.3 is 6.03 Å². The third-order valence-corrected chi connectivity index (χ3v) is 4.95. The maximum Gasteiger partial charge on any atom is 0.318 e. The van der Waals surface area contributed by atoms with Crippen LogP contribution in [0.2, 0.25) is 0 Å². The zero-order valence-electron chi connectivity index (χ0n) is 14.0. The number of benzene rings is 1. The number of rotatable bonds is 3. The van der Waals surface area contributed by atoms with E-state index in [0.29, 0.717) is 13.1 Å². The van der Waals surface area contributed by atoms with Gasteiger partial charge in [-0.1, -0.05) is 24.3 Å². The molecule has 1 aromatic rings. The molecule has 24 heavy (non-hydrogen) atoms. The van der Waals surface area contributed by atoms with Crippen molar-refractivity contribution in [2.75, 3.05) is 13.1 Å². The Kier molecular flexibility index (Phi) is 5.35. The summed E-state index contributed by atoms with van der Waals surface area (Å²) in [4.78, 5) is 26.0. The molecule has 1 aromatic carbocycles. The Morgan fingerprint density at radius 2 is 1.83 bits per heavy atom. The van der Waals surface area contributed by atoms with Crippen LogP contribution in [0.5, 0.6) is 0 Å². The monoisotopic (exact) mass is 330 g/mol. The number of carbonyl (C=O) groups excluding carboxylic acids is 2. The molecule has 1 fully saturated rings. The van der Waals surface area contributed by atoms with E-state index in [1.54, 1.807) is 4.90 Å². The van der Waals surface area contributed by atoms with Crippen molar-refractivity contribution >= 4 is 11.9 Å². The van der Waals surface area contributed by atoms with Gasteiger partial charge in [-0.05, 0) is 43.2 Å². The van der Waals surface area contributed by atoms with Crippen molar-refractivity contribution in [3.05, 3.63) is 35.4 Å². The molecule has 1 heterocycles. The van der Waals surface area contributed by atoms with Crippen molar-refractivity contribution in [3.63, 3.8) is 0 Å². The first-order chi connectivity index (χ1) is 11.6. The van der Waals surface area contributed by atoms with Gasteiger partial charge in [0, 0.05) is 25.2 Å². The lowest BCUT2D eigenvalue weighted by Gasteiger charge is -2.29. The zero-order chi connectivity index (χ0) is 16.9. The summed E-state index contributed by atoms with van der Waals surface area (Å²) in [7, 11) is 0. The molecule has 6 heteroatoms. The average Bonchev–Trinajstić information content (AvgIpc) is 2.61. The zero-order valence-corrected chi connectivity index (χ0v) is 14.0. The van der Waals surface area contributed by atoms with Crippen LogP contribution in [0.1, 0.15) is 36.8 Å². The molecule has 6 nitrogen and oxygen atoms in total. The highest BCUT2D eigenvalue weighted by Gasteiger charge is 2.22. The first-order valence-corrected chi connectivity index (χ1v) is 8.76. The highest BCUT2D eigenvalue weighted by atomic mass is 16.2. The van der Waals surface area contributed by atoms with Crippen LogP contribution in [0.4, 0.5) is 4.79 Å². The summed E-state index contributed by atoms with van der Waals surface area (Å²) in [5.41, 5.74) is 8.35. The largest absolute Gasteiger partial charge is 0.352 e. The lowest BCUT2D eigenvalue weighted by atomic mass is 9.92. The number of amides is 3. The highest BCUT2D eigenvalue weighted by Crippen LogP contribution is 2.18. The van der Waals surface area contributed by atoms with Gasteiger partial charge in [0.1, 0.15) is 0 Å². The molecule has 0 unspecified atom stereocenters. The molecule has 2 aliphatic rings. The Balaban J connectivity index is 1.42. The van der Waals surface area contributed by atoms with Crippen molar-refractivity contribution in [2.24, 2.45) is 5.73 Å². The van der Waals surface area contributed by atoms with Crippen molar-refractivity contribution in [3.8, 4) is 0 Å². The van der Waals surface area contributed by atoms with Gasteiger partial charge in [0.25, 0.3) is 0 Å². The molecular formula is C18H26N4O2. The van der Waals surface area contributed by atoms with Crippen LogP contribution in [0.25, 0.3) is 0 Å². The van der Waals surface area contributed by atoms with Crippen LogP contribution >= 0.6 is 0 Å². The number of nitrogens with zero attached hydrogens (tertiary/aromatic N) is 1. The van der Waals surface area contributed by atoms with Crippen LogP contribution in [0, 0.1) is 0 Å². The van der Waals surface area contributed by atoms with Gasteiger partial charge in [0.05, 0.1) is 6.54 Å². The summed E-state index contributed by atoms with van der Waals surface area (Å²) < 4.78 is 0. The third-order valence-electron chi connectivity index (χ3n) is 4.95. The van der Waals surface area contributed by atoms with Gasteiger partial charge in [-0.25, -0.2) is 4.79 Å². The van der Waals surface area contributed by atoms with E-state index in [2.05, 4.69) is 22.8 Å². The predicted octanol–water partition coefficient (Wildman–Crippen LogP) is 1.14. The normalized spacial score (nSPS) is 23.3. The van der Waals surface area contributed by atoms with Gasteiger partial charge in [0.15, 0.2) is 0 Å². The number of hydrogen-bond acceptors (Lipinski definition) is 3. The average molecular weight is 330 g/mol. The molecule has 1 aliphatic heterocycles. The maximum absolute atomic E-state index is 12.3. The number of nitrogens with two attached hydrogens (primary N) is 1. The van der Waals surface area contributed by atoms with E-state index in [1.165, 1.54) is 11.1 Å². The molecule has 1 saturated carbocycles. The Hall–Kier alpha value is -2.08. The molecule has 3 amide bonds. The Bertz CT molecular complexity index is 596. The molecule has 0 aromatic heterocycles. The van der Waals surface area contributed by atoms with E-state index in [4.69, 9.17) is 5.73 Å². The second kappa shape index (κ2) is 7.66. The summed E-state index contributed by atoms with van der Waals surface area (Å²) in [5.74, 6) is -0.124. The summed E-state index contributed by atoms with van der Waals surface area (Å²) in [5, 5.41) is 5.72. The molecule has 1 aliphatic carbocycles. The Morgan fingerprint density at radius 3 is 2.58 bits per heavy atom. The molecule has 130 valence electrons. The summed E-state index contributed by atoms with van der Waals surface area (Å²) in [6, 6.07) is 8.45. The lowest BCUT2D eigenvalue weighted by Crippen LogP contribution is -2.48. The van der Waals surface area contributed by atoms with E-state index >= 15 is 0 Å². The van der Waals surface area contributed by atoms with Gasteiger partial charge in [-0.15, -0.1) is 0 Å². The Morgan fingerprint density at radius 1 is 1.12 bits per heavy atom. The van der Waals surface area contributed by atoms with Crippen molar-refractivity contribution in [2.45, 2.75) is 50.7 Å². The molecule has 0 radical (unpaired) electrons. The molecule has 0 bridgehead atoms. The lowest BCUT2D eigenvalue weighted by molar-refractivity contribution is -0.121. The van der Waals surface area contributed by atoms with Crippen LogP contribution in [-0.2, 0) is 17.8 Å². The predicted molar refractivity (Wildman–Crippen MR) is 92.3 cm³/mol. The second-order valence-corrected chi connectivity index (χ2v) is 6.78. The number of carbonyl (C=O) groups is 2. The van der Waals surface area contributed by atoms with E-state index < -0.39 is 0 Å². The quantitative estimate of drug-likeness (QED) is 0.777. The topological polar surface area (TPSA) is 87.5 Å². The number of hydrogen-bond donors (Lipinski definition) is 3. The molecule has 0 saturated heterocycles. The van der Waals surface area contributed by atoms with E-state index in [9.17, 15) is 9.59 Å². The standard InChI is InChI=1S/C18H26N4O2/c19-15-5-7-16(8-6-15)21-17(23)11-20-18(24)22-10-9-13-3-1-2-4-14(13)12-22/h1-4,15-16H,5-12,19H2,(H,20,24)(H,21,23). The van der Waals surface area contributed by atoms with E-state index in [-0.39, 0.29) is 30.6 Å². The minimum atomic E-state index is -0.176. The fourth-order valence-electron chi connectivity index (χ4n) is 3.48. The fourth-order valence-corrected chi connectivity index (χ4v) is 3.48. The summed E-state index contributed by atoms with van der Waals surface area (Å²) in [6.07, 6.45) is 4.60. The summed E-state index contributed by atoms with van der Waals surface area (Å²) >= 11 is 0. The van der Waals surface area contributed by atoms with Gasteiger partial charge < -0.3 is 21.3 Å². The molecule has 3 rings (SSSR count). The van der Waals surface area contributed by atoms with E-state index in [1.807, 2.05) is 12.1 Å². The Labute approximate surface area is 142 Å². The number of urea groups is 1. The SMILES string of the molecule is NC1CCC(NC(=O)CNC(=O)N2CCc3ccccc3C2)CC1. The van der Waals surface area contributed by atoms with Crippen LogP contribution in [0.3, 0.4) is 0 Å². The van der Waals surface area contributed by atoms with Crippen LogP contribution < -0.4 is 16.4 Å². The summed E-state index contributed by atoms with van der Waals surface area (Å²) in [6.45, 7) is 1.31.